The average Bonchev–Trinajstić information content (AvgIpc) is 3.12. The van der Waals surface area contributed by atoms with Gasteiger partial charge in [0.25, 0.3) is 0 Å². The fourth-order valence-corrected chi connectivity index (χ4v) is 3.97. The smallest absolute Gasteiger partial charge is 0.193 e. The van der Waals surface area contributed by atoms with Crippen molar-refractivity contribution in [3.05, 3.63) is 35.1 Å². The van der Waals surface area contributed by atoms with Crippen LogP contribution in [0.5, 0.6) is 0 Å². The highest BCUT2D eigenvalue weighted by atomic mass is 127. The van der Waals surface area contributed by atoms with Crippen molar-refractivity contribution in [1.29, 1.82) is 5.26 Å². The van der Waals surface area contributed by atoms with Crippen LogP contribution in [0.25, 0.3) is 0 Å². The van der Waals surface area contributed by atoms with Crippen LogP contribution in [0.3, 0.4) is 0 Å². The van der Waals surface area contributed by atoms with E-state index in [9.17, 15) is 4.39 Å². The molecule has 1 N–H and O–H groups in total. The number of nitrogens with one attached hydrogen (secondary N) is 1. The molecule has 0 aliphatic carbocycles. The Balaban J connectivity index is 0.00000261. The number of piperidine rings is 1. The van der Waals surface area contributed by atoms with Crippen LogP contribution in [0.2, 0.25) is 0 Å². The average molecular weight is 485 g/mol. The lowest BCUT2D eigenvalue weighted by molar-refractivity contribution is 0.198. The lowest BCUT2D eigenvalue weighted by Crippen LogP contribution is -2.41. The molecule has 0 bridgehead atoms. The molecule has 2 fully saturated rings. The molecule has 1 aromatic carbocycles. The number of guanidine groups is 1. The number of hydrogen-bond acceptors (Lipinski definition) is 3. The molecule has 1 atom stereocenters. The fraction of sp³-hybridized carbons (Fsp3) is 0.600. The Labute approximate surface area is 178 Å². The predicted octanol–water partition coefficient (Wildman–Crippen LogP) is 3.20. The van der Waals surface area contributed by atoms with Gasteiger partial charge in [0, 0.05) is 38.8 Å². The molecule has 7 heteroatoms. The molecule has 2 saturated heterocycles. The van der Waals surface area contributed by atoms with E-state index in [4.69, 9.17) is 5.26 Å². The van der Waals surface area contributed by atoms with Crippen molar-refractivity contribution in [2.75, 3.05) is 39.8 Å². The van der Waals surface area contributed by atoms with E-state index in [1.807, 2.05) is 0 Å². The van der Waals surface area contributed by atoms with Crippen molar-refractivity contribution in [3.63, 3.8) is 0 Å². The van der Waals surface area contributed by atoms with Gasteiger partial charge in [-0.25, -0.2) is 4.39 Å². The third kappa shape index (κ3) is 6.04. The number of benzene rings is 1. The summed E-state index contributed by atoms with van der Waals surface area (Å²) in [7, 11) is 1.77. The summed E-state index contributed by atoms with van der Waals surface area (Å²) >= 11 is 0. The summed E-state index contributed by atoms with van der Waals surface area (Å²) < 4.78 is 14.0. The van der Waals surface area contributed by atoms with Gasteiger partial charge in [0.15, 0.2) is 5.96 Å². The SMILES string of the molecule is CN=C(NCc1cc(C#N)ccc1F)N1CCC(CN2CCCCC2)C1.I. The lowest BCUT2D eigenvalue weighted by atomic mass is 10.1. The highest BCUT2D eigenvalue weighted by molar-refractivity contribution is 14.0. The van der Waals surface area contributed by atoms with Crippen LogP contribution in [0.1, 0.15) is 36.8 Å². The molecule has 148 valence electrons. The Bertz CT molecular complexity index is 681. The van der Waals surface area contributed by atoms with Crippen molar-refractivity contribution in [2.45, 2.75) is 32.2 Å². The van der Waals surface area contributed by atoms with Crippen LogP contribution in [-0.2, 0) is 6.54 Å². The van der Waals surface area contributed by atoms with Crippen LogP contribution in [0, 0.1) is 23.1 Å². The Morgan fingerprint density at radius 2 is 2.07 bits per heavy atom. The molecule has 0 aromatic heterocycles. The second-order valence-electron chi connectivity index (χ2n) is 7.28. The van der Waals surface area contributed by atoms with Crippen LogP contribution in [-0.4, -0.2) is 55.5 Å². The van der Waals surface area contributed by atoms with Gasteiger partial charge in [-0.05, 0) is 56.5 Å². The Morgan fingerprint density at radius 3 is 2.78 bits per heavy atom. The number of nitrogens with zero attached hydrogens (tertiary/aromatic N) is 4. The third-order valence-electron chi connectivity index (χ3n) is 5.37. The van der Waals surface area contributed by atoms with E-state index < -0.39 is 0 Å². The maximum absolute atomic E-state index is 14.0. The Morgan fingerprint density at radius 1 is 1.30 bits per heavy atom. The van der Waals surface area contributed by atoms with E-state index in [1.54, 1.807) is 13.1 Å². The standard InChI is InChI=1S/C20H28FN5.HI/c1-23-20(24-13-18-11-16(12-22)5-6-19(18)21)26-10-7-17(15-26)14-25-8-3-2-4-9-25;/h5-6,11,17H,2-4,7-10,13-15H2,1H3,(H,23,24);1H. The van der Waals surface area contributed by atoms with Crippen molar-refractivity contribution >= 4 is 29.9 Å². The van der Waals surface area contributed by atoms with E-state index >= 15 is 0 Å². The van der Waals surface area contributed by atoms with Crippen molar-refractivity contribution in [3.8, 4) is 6.07 Å². The van der Waals surface area contributed by atoms with Crippen LogP contribution >= 0.6 is 24.0 Å². The van der Waals surface area contributed by atoms with Crippen LogP contribution in [0.15, 0.2) is 23.2 Å². The summed E-state index contributed by atoms with van der Waals surface area (Å²) in [6, 6.07) is 6.50. The Hall–Kier alpha value is -1.40. The predicted molar refractivity (Wildman–Crippen MR) is 117 cm³/mol. The number of rotatable bonds is 4. The number of likely N-dealkylation sites (tertiary alicyclic amines) is 2. The minimum atomic E-state index is -0.295. The molecule has 3 rings (SSSR count). The molecule has 0 spiro atoms. The molecule has 1 unspecified atom stereocenters. The molecule has 5 nitrogen and oxygen atoms in total. The zero-order valence-corrected chi connectivity index (χ0v) is 18.3. The second kappa shape index (κ2) is 10.8. The fourth-order valence-electron chi connectivity index (χ4n) is 3.97. The van der Waals surface area contributed by atoms with E-state index in [2.05, 4.69) is 26.2 Å². The second-order valence-corrected chi connectivity index (χ2v) is 7.28. The van der Waals surface area contributed by atoms with Gasteiger partial charge in [-0.3, -0.25) is 4.99 Å². The normalized spacial score (nSPS) is 20.9. The first-order chi connectivity index (χ1) is 12.7. The van der Waals surface area contributed by atoms with Gasteiger partial charge in [0.05, 0.1) is 11.6 Å². The minimum Gasteiger partial charge on any atom is -0.352 e. The van der Waals surface area contributed by atoms with Crippen molar-refractivity contribution in [2.24, 2.45) is 10.9 Å². The summed E-state index contributed by atoms with van der Waals surface area (Å²) in [4.78, 5) is 9.23. The van der Waals surface area contributed by atoms with E-state index in [-0.39, 0.29) is 29.8 Å². The summed E-state index contributed by atoms with van der Waals surface area (Å²) in [5.41, 5.74) is 0.968. The highest BCUT2D eigenvalue weighted by Gasteiger charge is 2.27. The summed E-state index contributed by atoms with van der Waals surface area (Å²) in [6.45, 7) is 5.96. The van der Waals surface area contributed by atoms with Crippen LogP contribution in [0.4, 0.5) is 4.39 Å². The lowest BCUT2D eigenvalue weighted by Gasteiger charge is -2.29. The summed E-state index contributed by atoms with van der Waals surface area (Å²) in [6.07, 6.45) is 5.20. The maximum atomic E-state index is 14.0. The molecule has 2 aliphatic heterocycles. The molecule has 2 heterocycles. The number of nitriles is 1. The monoisotopic (exact) mass is 485 g/mol. The minimum absolute atomic E-state index is 0. The van der Waals surface area contributed by atoms with Gasteiger partial charge in [-0.2, -0.15) is 5.26 Å². The van der Waals surface area contributed by atoms with Crippen molar-refractivity contribution in [1.82, 2.24) is 15.1 Å². The maximum Gasteiger partial charge on any atom is 0.193 e. The molecule has 2 aliphatic rings. The van der Waals surface area contributed by atoms with Gasteiger partial charge < -0.3 is 15.1 Å². The van der Waals surface area contributed by atoms with E-state index in [0.717, 1.165) is 19.0 Å². The third-order valence-corrected chi connectivity index (χ3v) is 5.37. The number of halogens is 2. The topological polar surface area (TPSA) is 54.7 Å². The molecule has 27 heavy (non-hydrogen) atoms. The first kappa shape index (κ1) is 21.9. The zero-order chi connectivity index (χ0) is 18.4. The summed E-state index contributed by atoms with van der Waals surface area (Å²) in [5, 5.41) is 12.2. The van der Waals surface area contributed by atoms with Gasteiger partial charge in [-0.1, -0.05) is 6.42 Å². The van der Waals surface area contributed by atoms with Gasteiger partial charge in [0.2, 0.25) is 0 Å². The molecule has 0 amide bonds. The number of aliphatic imine (C=N–C) groups is 1. The Kier molecular flexibility index (Phi) is 8.77. The van der Waals surface area contributed by atoms with E-state index in [0.29, 0.717) is 23.6 Å². The largest absolute Gasteiger partial charge is 0.352 e. The zero-order valence-electron chi connectivity index (χ0n) is 16.0. The quantitative estimate of drug-likeness (QED) is 0.405. The van der Waals surface area contributed by atoms with Gasteiger partial charge >= 0.3 is 0 Å². The van der Waals surface area contributed by atoms with Gasteiger partial charge in [-0.15, -0.1) is 24.0 Å². The van der Waals surface area contributed by atoms with Crippen molar-refractivity contribution < 1.29 is 4.39 Å². The molecular weight excluding hydrogens is 456 g/mol. The molecular formula is C20H29FIN5. The first-order valence-electron chi connectivity index (χ1n) is 9.56. The first-order valence-corrected chi connectivity index (χ1v) is 9.56. The molecule has 1 aromatic rings. The number of hydrogen-bond donors (Lipinski definition) is 1. The molecule has 0 radical (unpaired) electrons. The summed E-state index contributed by atoms with van der Waals surface area (Å²) in [5.74, 6) is 1.19. The highest BCUT2D eigenvalue weighted by Crippen LogP contribution is 2.20. The molecule has 0 saturated carbocycles. The van der Waals surface area contributed by atoms with E-state index in [1.165, 1.54) is 57.5 Å². The van der Waals surface area contributed by atoms with Crippen LogP contribution < -0.4 is 5.32 Å². The van der Waals surface area contributed by atoms with Gasteiger partial charge in [0.1, 0.15) is 5.82 Å².